The summed E-state index contributed by atoms with van der Waals surface area (Å²) >= 11 is 5.78. The number of nitrogens with two attached hydrogens (primary N) is 1. The maximum Gasteiger partial charge on any atom is 0.239 e. The number of halogens is 1. The smallest absolute Gasteiger partial charge is 0.239 e. The molecule has 0 atom stereocenters. The van der Waals surface area contributed by atoms with Crippen LogP contribution in [0.25, 0.3) is 0 Å². The predicted octanol–water partition coefficient (Wildman–Crippen LogP) is 1.24. The minimum Gasteiger partial charge on any atom is -0.310 e. The monoisotopic (exact) mass is 260 g/mol. The van der Waals surface area contributed by atoms with Crippen LogP contribution in [0.2, 0.25) is 5.02 Å². The SMILES string of the molecule is NS(=O)(=O)c1cc(CNC2CC2)ccc1Cl. The first-order valence-corrected chi connectivity index (χ1v) is 6.94. The lowest BCUT2D eigenvalue weighted by atomic mass is 10.2. The van der Waals surface area contributed by atoms with Gasteiger partial charge in [-0.15, -0.1) is 0 Å². The summed E-state index contributed by atoms with van der Waals surface area (Å²) in [5.74, 6) is 0. The Labute approximate surface area is 99.8 Å². The van der Waals surface area contributed by atoms with Crippen LogP contribution in [0.1, 0.15) is 18.4 Å². The summed E-state index contributed by atoms with van der Waals surface area (Å²) in [4.78, 5) is -0.00994. The highest BCUT2D eigenvalue weighted by atomic mass is 35.5. The maximum absolute atomic E-state index is 11.2. The summed E-state index contributed by atoms with van der Waals surface area (Å²) in [6.07, 6.45) is 2.38. The maximum atomic E-state index is 11.2. The summed E-state index contributed by atoms with van der Waals surface area (Å²) in [6.45, 7) is 0.643. The Hall–Kier alpha value is -0.620. The van der Waals surface area contributed by atoms with Gasteiger partial charge in [-0.25, -0.2) is 13.6 Å². The van der Waals surface area contributed by atoms with E-state index in [0.29, 0.717) is 12.6 Å². The third-order valence-electron chi connectivity index (χ3n) is 2.47. The second kappa shape index (κ2) is 4.33. The Balaban J connectivity index is 2.20. The van der Waals surface area contributed by atoms with Crippen LogP contribution in [-0.2, 0) is 16.6 Å². The minimum atomic E-state index is -3.74. The van der Waals surface area contributed by atoms with Crippen LogP contribution < -0.4 is 10.5 Å². The number of benzene rings is 1. The molecule has 1 aromatic rings. The molecule has 0 heterocycles. The number of hydrogen-bond donors (Lipinski definition) is 2. The molecule has 0 unspecified atom stereocenters. The van der Waals surface area contributed by atoms with Crippen LogP contribution >= 0.6 is 11.6 Å². The molecular formula is C10H13ClN2O2S. The first-order chi connectivity index (χ1) is 7.47. The molecule has 0 radical (unpaired) electrons. The fourth-order valence-electron chi connectivity index (χ4n) is 1.43. The molecule has 88 valence electrons. The number of hydrogen-bond acceptors (Lipinski definition) is 3. The van der Waals surface area contributed by atoms with Gasteiger partial charge in [-0.1, -0.05) is 17.7 Å². The van der Waals surface area contributed by atoms with Gasteiger partial charge in [0.2, 0.25) is 10.0 Å². The molecule has 0 saturated heterocycles. The van der Waals surface area contributed by atoms with Gasteiger partial charge in [0.15, 0.2) is 0 Å². The Kier molecular flexibility index (Phi) is 3.21. The molecule has 2 rings (SSSR count). The molecule has 1 aromatic carbocycles. The highest BCUT2D eigenvalue weighted by Crippen LogP contribution is 2.23. The second-order valence-electron chi connectivity index (χ2n) is 3.96. The lowest BCUT2D eigenvalue weighted by Gasteiger charge is -2.06. The van der Waals surface area contributed by atoms with Crippen LogP contribution in [0.5, 0.6) is 0 Å². The van der Waals surface area contributed by atoms with E-state index in [1.807, 2.05) is 0 Å². The molecule has 0 bridgehead atoms. The second-order valence-corrected chi connectivity index (χ2v) is 5.90. The number of nitrogens with one attached hydrogen (secondary N) is 1. The highest BCUT2D eigenvalue weighted by Gasteiger charge is 2.20. The first-order valence-electron chi connectivity index (χ1n) is 5.01. The van der Waals surface area contributed by atoms with E-state index >= 15 is 0 Å². The van der Waals surface area contributed by atoms with Crippen molar-refractivity contribution in [1.29, 1.82) is 0 Å². The Morgan fingerprint density at radius 3 is 2.69 bits per heavy atom. The van der Waals surface area contributed by atoms with E-state index in [1.165, 1.54) is 18.9 Å². The van der Waals surface area contributed by atoms with E-state index in [0.717, 1.165) is 5.56 Å². The van der Waals surface area contributed by atoms with E-state index in [9.17, 15) is 8.42 Å². The van der Waals surface area contributed by atoms with E-state index in [4.69, 9.17) is 16.7 Å². The van der Waals surface area contributed by atoms with Gasteiger partial charge in [0, 0.05) is 12.6 Å². The first kappa shape index (κ1) is 11.9. The molecule has 1 aliphatic carbocycles. The molecule has 0 spiro atoms. The largest absolute Gasteiger partial charge is 0.310 e. The zero-order chi connectivity index (χ0) is 11.8. The molecule has 16 heavy (non-hydrogen) atoms. The summed E-state index contributed by atoms with van der Waals surface area (Å²) in [5, 5.41) is 8.52. The number of primary sulfonamides is 1. The molecule has 0 aliphatic heterocycles. The van der Waals surface area contributed by atoms with Crippen molar-refractivity contribution in [3.63, 3.8) is 0 Å². The van der Waals surface area contributed by atoms with Crippen molar-refractivity contribution >= 4 is 21.6 Å². The van der Waals surface area contributed by atoms with Crippen molar-refractivity contribution in [2.45, 2.75) is 30.3 Å². The zero-order valence-corrected chi connectivity index (χ0v) is 10.2. The van der Waals surface area contributed by atoms with Crippen LogP contribution in [0.15, 0.2) is 23.1 Å². The van der Waals surface area contributed by atoms with Gasteiger partial charge in [0.05, 0.1) is 5.02 Å². The van der Waals surface area contributed by atoms with Crippen molar-refractivity contribution in [3.8, 4) is 0 Å². The lowest BCUT2D eigenvalue weighted by Crippen LogP contribution is -2.17. The third-order valence-corrected chi connectivity index (χ3v) is 3.87. The van der Waals surface area contributed by atoms with Gasteiger partial charge in [-0.05, 0) is 30.5 Å². The van der Waals surface area contributed by atoms with Crippen LogP contribution in [-0.4, -0.2) is 14.5 Å². The average molecular weight is 261 g/mol. The molecule has 3 N–H and O–H groups in total. The average Bonchev–Trinajstić information content (AvgIpc) is 2.98. The van der Waals surface area contributed by atoms with Crippen molar-refractivity contribution in [1.82, 2.24) is 5.32 Å². The van der Waals surface area contributed by atoms with E-state index in [-0.39, 0.29) is 9.92 Å². The van der Waals surface area contributed by atoms with Gasteiger partial charge in [0.25, 0.3) is 0 Å². The fourth-order valence-corrected chi connectivity index (χ4v) is 2.52. The van der Waals surface area contributed by atoms with Gasteiger partial charge >= 0.3 is 0 Å². The molecule has 6 heteroatoms. The van der Waals surface area contributed by atoms with Gasteiger partial charge in [0.1, 0.15) is 4.90 Å². The highest BCUT2D eigenvalue weighted by molar-refractivity contribution is 7.89. The van der Waals surface area contributed by atoms with Gasteiger partial charge in [-0.3, -0.25) is 0 Å². The quantitative estimate of drug-likeness (QED) is 0.856. The normalized spacial score (nSPS) is 16.4. The molecule has 1 fully saturated rings. The summed E-state index contributed by atoms with van der Waals surface area (Å²) in [7, 11) is -3.74. The molecule has 0 aromatic heterocycles. The van der Waals surface area contributed by atoms with Gasteiger partial charge in [-0.2, -0.15) is 0 Å². The van der Waals surface area contributed by atoms with E-state index < -0.39 is 10.0 Å². The van der Waals surface area contributed by atoms with Crippen LogP contribution in [0, 0.1) is 0 Å². The van der Waals surface area contributed by atoms with Crippen molar-refractivity contribution in [3.05, 3.63) is 28.8 Å². The minimum absolute atomic E-state index is 0.00994. The van der Waals surface area contributed by atoms with E-state index in [2.05, 4.69) is 5.32 Å². The van der Waals surface area contributed by atoms with Crippen LogP contribution in [0.3, 0.4) is 0 Å². The molecule has 1 aliphatic rings. The lowest BCUT2D eigenvalue weighted by molar-refractivity contribution is 0.597. The summed E-state index contributed by atoms with van der Waals surface area (Å²) in [5.41, 5.74) is 0.875. The Morgan fingerprint density at radius 2 is 2.12 bits per heavy atom. The van der Waals surface area contributed by atoms with Crippen molar-refractivity contribution in [2.24, 2.45) is 5.14 Å². The fraction of sp³-hybridized carbons (Fsp3) is 0.400. The van der Waals surface area contributed by atoms with Gasteiger partial charge < -0.3 is 5.32 Å². The van der Waals surface area contributed by atoms with Crippen molar-refractivity contribution in [2.75, 3.05) is 0 Å². The standard InChI is InChI=1S/C10H13ClN2O2S/c11-9-4-1-7(6-13-8-2-3-8)5-10(9)16(12,14)15/h1,4-5,8,13H,2-3,6H2,(H2,12,14,15). The molecule has 4 nitrogen and oxygen atoms in total. The molecule has 1 saturated carbocycles. The molecule has 0 amide bonds. The number of sulfonamides is 1. The van der Waals surface area contributed by atoms with Crippen molar-refractivity contribution < 1.29 is 8.42 Å². The summed E-state index contributed by atoms with van der Waals surface area (Å²) < 4.78 is 22.5. The zero-order valence-electron chi connectivity index (χ0n) is 8.61. The summed E-state index contributed by atoms with van der Waals surface area (Å²) in [6, 6.07) is 5.46. The third kappa shape index (κ3) is 2.95. The Bertz CT molecular complexity index is 498. The Morgan fingerprint density at radius 1 is 1.44 bits per heavy atom. The van der Waals surface area contributed by atoms with Crippen LogP contribution in [0.4, 0.5) is 0 Å². The topological polar surface area (TPSA) is 72.2 Å². The van der Waals surface area contributed by atoms with E-state index in [1.54, 1.807) is 12.1 Å². The number of rotatable bonds is 4. The predicted molar refractivity (Wildman–Crippen MR) is 62.7 cm³/mol. The molecular weight excluding hydrogens is 248 g/mol.